The molecule has 5 heteroatoms. The molecular formula is C18H21NO3S. The number of nitrogens with zero attached hydrogens (tertiary/aromatic N) is 1. The van der Waals surface area contributed by atoms with Crippen molar-refractivity contribution in [1.29, 1.82) is 0 Å². The lowest BCUT2D eigenvalue weighted by atomic mass is 10.1. The lowest BCUT2D eigenvalue weighted by Gasteiger charge is -2.25. The van der Waals surface area contributed by atoms with Crippen LogP contribution < -0.4 is 0 Å². The van der Waals surface area contributed by atoms with E-state index in [0.29, 0.717) is 11.1 Å². The first-order chi connectivity index (χ1) is 10.8. The Kier molecular flexibility index (Phi) is 5.21. The summed E-state index contributed by atoms with van der Waals surface area (Å²) in [6.07, 6.45) is 1.19. The Balaban J connectivity index is 2.21. The van der Waals surface area contributed by atoms with Gasteiger partial charge in [-0.25, -0.2) is 8.42 Å². The van der Waals surface area contributed by atoms with Gasteiger partial charge < -0.3 is 4.90 Å². The van der Waals surface area contributed by atoms with Crippen LogP contribution in [0.4, 0.5) is 0 Å². The standard InChI is InChI=1S/C18H21NO3S/c1-14(16-9-5-4-6-10-16)19(2)18(20)17-11-7-8-15(12-17)13-23(3,21)22/h4-12,14H,13H2,1-3H3/t14-/m0/s1. The van der Waals surface area contributed by atoms with Crippen LogP contribution in [0.25, 0.3) is 0 Å². The van der Waals surface area contributed by atoms with E-state index >= 15 is 0 Å². The molecule has 0 fully saturated rings. The van der Waals surface area contributed by atoms with Gasteiger partial charge in [0.05, 0.1) is 11.8 Å². The molecule has 2 aromatic carbocycles. The number of benzene rings is 2. The van der Waals surface area contributed by atoms with E-state index in [2.05, 4.69) is 0 Å². The lowest BCUT2D eigenvalue weighted by molar-refractivity contribution is 0.0742. The Bertz CT molecular complexity index is 785. The fourth-order valence-electron chi connectivity index (χ4n) is 2.43. The summed E-state index contributed by atoms with van der Waals surface area (Å²) in [6.45, 7) is 1.97. The van der Waals surface area contributed by atoms with Gasteiger partial charge in [0.25, 0.3) is 5.91 Å². The second-order valence-electron chi connectivity index (χ2n) is 5.77. The maximum absolute atomic E-state index is 12.7. The molecule has 2 rings (SSSR count). The zero-order valence-electron chi connectivity index (χ0n) is 13.6. The third-order valence-electron chi connectivity index (χ3n) is 3.79. The molecule has 0 saturated heterocycles. The predicted molar refractivity (Wildman–Crippen MR) is 91.9 cm³/mol. The summed E-state index contributed by atoms with van der Waals surface area (Å²) in [5, 5.41) is 0. The molecule has 122 valence electrons. The molecule has 0 aromatic heterocycles. The van der Waals surface area contributed by atoms with E-state index in [4.69, 9.17) is 0 Å². The largest absolute Gasteiger partial charge is 0.335 e. The van der Waals surface area contributed by atoms with Gasteiger partial charge in [0.15, 0.2) is 9.84 Å². The summed E-state index contributed by atoms with van der Waals surface area (Å²) in [5.74, 6) is -0.191. The van der Waals surface area contributed by atoms with Crippen LogP contribution in [0, 0.1) is 0 Å². The average Bonchev–Trinajstić information content (AvgIpc) is 2.52. The summed E-state index contributed by atoms with van der Waals surface area (Å²) in [4.78, 5) is 14.3. The van der Waals surface area contributed by atoms with Gasteiger partial charge >= 0.3 is 0 Å². The Hall–Kier alpha value is -2.14. The topological polar surface area (TPSA) is 54.5 Å². The highest BCUT2D eigenvalue weighted by atomic mass is 32.2. The van der Waals surface area contributed by atoms with Crippen LogP contribution in [0.5, 0.6) is 0 Å². The Morgan fingerprint density at radius 1 is 1.09 bits per heavy atom. The number of carbonyl (C=O) groups excluding carboxylic acids is 1. The molecule has 0 unspecified atom stereocenters. The van der Waals surface area contributed by atoms with Crippen molar-refractivity contribution in [2.24, 2.45) is 0 Å². The second kappa shape index (κ2) is 6.96. The van der Waals surface area contributed by atoms with E-state index < -0.39 is 9.84 Å². The van der Waals surface area contributed by atoms with Crippen molar-refractivity contribution >= 4 is 15.7 Å². The van der Waals surface area contributed by atoms with E-state index in [0.717, 1.165) is 5.56 Å². The second-order valence-corrected chi connectivity index (χ2v) is 7.91. The predicted octanol–water partition coefficient (Wildman–Crippen LogP) is 3.06. The molecule has 1 amide bonds. The summed E-state index contributed by atoms with van der Waals surface area (Å²) in [5.41, 5.74) is 2.17. The highest BCUT2D eigenvalue weighted by molar-refractivity contribution is 7.89. The smallest absolute Gasteiger partial charge is 0.254 e. The van der Waals surface area contributed by atoms with Gasteiger partial charge in [0.2, 0.25) is 0 Å². The van der Waals surface area contributed by atoms with Gasteiger partial charge in [0.1, 0.15) is 0 Å². The molecule has 2 aromatic rings. The number of hydrogen-bond donors (Lipinski definition) is 0. The summed E-state index contributed by atoms with van der Waals surface area (Å²) in [7, 11) is -1.37. The van der Waals surface area contributed by atoms with Crippen LogP contribution in [0.2, 0.25) is 0 Å². The number of sulfone groups is 1. The van der Waals surface area contributed by atoms with Crippen molar-refractivity contribution in [2.45, 2.75) is 18.7 Å². The summed E-state index contributed by atoms with van der Waals surface area (Å²) >= 11 is 0. The number of rotatable bonds is 5. The molecule has 4 nitrogen and oxygen atoms in total. The van der Waals surface area contributed by atoms with Crippen molar-refractivity contribution in [3.63, 3.8) is 0 Å². The molecular weight excluding hydrogens is 310 g/mol. The number of carbonyl (C=O) groups is 1. The van der Waals surface area contributed by atoms with Gasteiger partial charge in [-0.3, -0.25) is 4.79 Å². The molecule has 0 bridgehead atoms. The zero-order valence-corrected chi connectivity index (χ0v) is 14.4. The molecule has 0 radical (unpaired) electrons. The first-order valence-corrected chi connectivity index (χ1v) is 9.43. The van der Waals surface area contributed by atoms with E-state index in [1.807, 2.05) is 37.3 Å². The monoisotopic (exact) mass is 331 g/mol. The number of hydrogen-bond acceptors (Lipinski definition) is 3. The van der Waals surface area contributed by atoms with Crippen molar-refractivity contribution in [2.75, 3.05) is 13.3 Å². The van der Waals surface area contributed by atoms with Gasteiger partial charge in [-0.1, -0.05) is 42.5 Å². The zero-order chi connectivity index (χ0) is 17.0. The normalized spacial score (nSPS) is 12.7. The minimum absolute atomic E-state index is 0.0634. The molecule has 0 spiro atoms. The minimum Gasteiger partial charge on any atom is -0.335 e. The molecule has 0 saturated carbocycles. The van der Waals surface area contributed by atoms with Crippen LogP contribution >= 0.6 is 0 Å². The minimum atomic E-state index is -3.12. The van der Waals surface area contributed by atoms with E-state index in [1.165, 1.54) is 6.26 Å². The SMILES string of the molecule is C[C@@H](c1ccccc1)N(C)C(=O)c1cccc(CS(C)(=O)=O)c1. The highest BCUT2D eigenvalue weighted by Crippen LogP contribution is 2.21. The quantitative estimate of drug-likeness (QED) is 0.846. The third-order valence-corrected chi connectivity index (χ3v) is 4.64. The molecule has 1 atom stereocenters. The van der Waals surface area contributed by atoms with Gasteiger partial charge in [-0.2, -0.15) is 0 Å². The third kappa shape index (κ3) is 4.66. The van der Waals surface area contributed by atoms with Crippen molar-refractivity contribution in [3.05, 3.63) is 71.3 Å². The Morgan fingerprint density at radius 2 is 1.74 bits per heavy atom. The summed E-state index contributed by atoms with van der Waals surface area (Å²) in [6, 6.07) is 16.5. The van der Waals surface area contributed by atoms with Gasteiger partial charge in [0, 0.05) is 18.9 Å². The Morgan fingerprint density at radius 3 is 2.35 bits per heavy atom. The van der Waals surface area contributed by atoms with Gasteiger partial charge in [-0.05, 0) is 30.2 Å². The molecule has 0 heterocycles. The fourth-order valence-corrected chi connectivity index (χ4v) is 3.22. The molecule has 0 aliphatic carbocycles. The molecule has 0 aliphatic heterocycles. The molecule has 0 N–H and O–H groups in total. The molecule has 0 aliphatic rings. The number of amides is 1. The summed E-state index contributed by atoms with van der Waals surface area (Å²) < 4.78 is 22.8. The van der Waals surface area contributed by atoms with Crippen LogP contribution in [0.15, 0.2) is 54.6 Å². The first kappa shape index (κ1) is 17.2. The van der Waals surface area contributed by atoms with E-state index in [1.54, 1.807) is 36.2 Å². The molecule has 23 heavy (non-hydrogen) atoms. The first-order valence-electron chi connectivity index (χ1n) is 7.37. The van der Waals surface area contributed by atoms with E-state index in [-0.39, 0.29) is 17.7 Å². The van der Waals surface area contributed by atoms with Crippen molar-refractivity contribution in [1.82, 2.24) is 4.90 Å². The van der Waals surface area contributed by atoms with E-state index in [9.17, 15) is 13.2 Å². The van der Waals surface area contributed by atoms with Crippen molar-refractivity contribution in [3.8, 4) is 0 Å². The highest BCUT2D eigenvalue weighted by Gasteiger charge is 2.19. The van der Waals surface area contributed by atoms with Crippen molar-refractivity contribution < 1.29 is 13.2 Å². The van der Waals surface area contributed by atoms with Crippen LogP contribution in [0.3, 0.4) is 0 Å². The van der Waals surface area contributed by atoms with Crippen LogP contribution in [-0.4, -0.2) is 32.5 Å². The van der Waals surface area contributed by atoms with Crippen LogP contribution in [0.1, 0.15) is 34.5 Å². The maximum Gasteiger partial charge on any atom is 0.254 e. The Labute approximate surface area is 137 Å². The fraction of sp³-hybridized carbons (Fsp3) is 0.278. The maximum atomic E-state index is 12.7. The lowest BCUT2D eigenvalue weighted by Crippen LogP contribution is -2.29. The average molecular weight is 331 g/mol. The van der Waals surface area contributed by atoms with Gasteiger partial charge in [-0.15, -0.1) is 0 Å². The van der Waals surface area contributed by atoms with Crippen LogP contribution in [-0.2, 0) is 15.6 Å².